The van der Waals surface area contributed by atoms with E-state index in [4.69, 9.17) is 24.1 Å². The number of fused-ring (bicyclic) bond motifs is 9. The number of Topliss-reactive ketones (excluding diaryl/α,β-unsaturated/α-hetero) is 1. The van der Waals surface area contributed by atoms with Gasteiger partial charge in [0, 0.05) is 114 Å². The van der Waals surface area contributed by atoms with Gasteiger partial charge in [-0.15, -0.1) is 0 Å². The third-order valence-corrected chi connectivity index (χ3v) is 23.1. The Morgan fingerprint density at radius 2 is 0.900 bits per heavy atom. The Balaban J connectivity index is 0.000000142. The van der Waals surface area contributed by atoms with Crippen LogP contribution in [0.25, 0.3) is 54.4 Å². The predicted molar refractivity (Wildman–Crippen MR) is 476 cm³/mol. The summed E-state index contributed by atoms with van der Waals surface area (Å²) in [5.41, 5.74) is 14.1. The van der Waals surface area contributed by atoms with Crippen molar-refractivity contribution in [2.45, 2.75) is 149 Å². The molecule has 0 N–H and O–H groups in total. The van der Waals surface area contributed by atoms with Gasteiger partial charge in [0.1, 0.15) is 29.3 Å². The van der Waals surface area contributed by atoms with Gasteiger partial charge in [0.2, 0.25) is 5.78 Å². The Hall–Kier alpha value is -13.0. The number of carbonyl (C=O) groups excluding carboxylic acids is 7. The first kappa shape index (κ1) is 84.9. The summed E-state index contributed by atoms with van der Waals surface area (Å²) in [6.07, 6.45) is 8.44. The van der Waals surface area contributed by atoms with E-state index in [-0.39, 0.29) is 29.2 Å². The molecule has 120 heavy (non-hydrogen) atoms. The van der Waals surface area contributed by atoms with Crippen molar-refractivity contribution in [1.82, 2.24) is 14.0 Å². The van der Waals surface area contributed by atoms with Crippen molar-refractivity contribution in [3.05, 3.63) is 304 Å². The number of benzene rings is 11. The highest BCUT2D eigenvalue weighted by Crippen LogP contribution is 2.37. The second-order valence-electron chi connectivity index (χ2n) is 30.5. The molecule has 16 rings (SSSR count). The first-order valence-electron chi connectivity index (χ1n) is 40.8. The van der Waals surface area contributed by atoms with Crippen LogP contribution >= 0.6 is 11.8 Å². The number of ketones is 3. The molecule has 19 nitrogen and oxygen atoms in total. The van der Waals surface area contributed by atoms with Crippen LogP contribution in [-0.2, 0) is 46.8 Å². The van der Waals surface area contributed by atoms with Crippen LogP contribution in [-0.4, -0.2) is 103 Å². The number of aryl methyl sites for hydroxylation is 4. The summed E-state index contributed by atoms with van der Waals surface area (Å²) in [6.45, 7) is 22.0. The lowest BCUT2D eigenvalue weighted by Gasteiger charge is -2.38. The highest BCUT2D eigenvalue weighted by atomic mass is 32.2. The lowest BCUT2D eigenvalue weighted by molar-refractivity contribution is -0.157. The van der Waals surface area contributed by atoms with E-state index in [1.807, 2.05) is 229 Å². The zero-order valence-electron chi connectivity index (χ0n) is 69.3. The molecule has 20 heteroatoms. The zero-order chi connectivity index (χ0) is 84.6. The zero-order valence-corrected chi connectivity index (χ0v) is 70.1. The summed E-state index contributed by atoms with van der Waals surface area (Å²) in [6, 6.07) is 77.6. The topological polar surface area (TPSA) is 228 Å². The number of piperidine rings is 1. The molecule has 0 bridgehead atoms. The third kappa shape index (κ3) is 19.7. The van der Waals surface area contributed by atoms with E-state index < -0.39 is 23.4 Å². The molecule has 2 aliphatic heterocycles. The van der Waals surface area contributed by atoms with Crippen molar-refractivity contribution in [3.8, 4) is 5.75 Å². The summed E-state index contributed by atoms with van der Waals surface area (Å²) in [5.74, 6) is -1.14. The molecule has 0 radical (unpaired) electrons. The molecule has 0 spiro atoms. The van der Waals surface area contributed by atoms with Crippen LogP contribution in [0.4, 0.5) is 0 Å². The summed E-state index contributed by atoms with van der Waals surface area (Å²) < 4.78 is 10.0. The summed E-state index contributed by atoms with van der Waals surface area (Å²) >= 11 is 1.65. The van der Waals surface area contributed by atoms with Gasteiger partial charge in [-0.05, 0) is 242 Å². The number of oxime groups is 4. The quantitative estimate of drug-likeness (QED) is 0.0299. The Morgan fingerprint density at radius 1 is 0.442 bits per heavy atom. The second kappa shape index (κ2) is 39.0. The van der Waals surface area contributed by atoms with Gasteiger partial charge >= 0.3 is 23.9 Å². The van der Waals surface area contributed by atoms with Crippen molar-refractivity contribution in [2.75, 3.05) is 19.7 Å². The van der Waals surface area contributed by atoms with Crippen molar-refractivity contribution in [2.24, 2.45) is 26.5 Å². The lowest BCUT2D eigenvalue weighted by atomic mass is 9.83. The first-order chi connectivity index (χ1) is 58.1. The van der Waals surface area contributed by atoms with Gasteiger partial charge in [0.15, 0.2) is 11.6 Å². The monoisotopic (exact) mass is 1620 g/mol. The maximum absolute atomic E-state index is 13.4. The Bertz CT molecular complexity index is 6150. The summed E-state index contributed by atoms with van der Waals surface area (Å²) in [7, 11) is 0. The van der Waals surface area contributed by atoms with Crippen LogP contribution in [0.5, 0.6) is 5.75 Å². The van der Waals surface area contributed by atoms with Gasteiger partial charge in [-0.1, -0.05) is 185 Å². The molecule has 0 amide bonds. The van der Waals surface area contributed by atoms with E-state index in [2.05, 4.69) is 72.8 Å². The molecular weight excluding hydrogens is 1520 g/mol. The van der Waals surface area contributed by atoms with Crippen molar-refractivity contribution in [1.29, 1.82) is 0 Å². The van der Waals surface area contributed by atoms with Gasteiger partial charge in [0.05, 0.1) is 22.6 Å². The van der Waals surface area contributed by atoms with E-state index in [0.29, 0.717) is 62.8 Å². The van der Waals surface area contributed by atoms with Gasteiger partial charge in [-0.25, -0.2) is 19.2 Å². The molecule has 0 unspecified atom stereocenters. The first-order valence-corrected chi connectivity index (χ1v) is 41.6. The van der Waals surface area contributed by atoms with Crippen LogP contribution in [0.2, 0.25) is 0 Å². The van der Waals surface area contributed by atoms with E-state index >= 15 is 0 Å². The summed E-state index contributed by atoms with van der Waals surface area (Å²) in [4.78, 5) is 112. The number of aromatic nitrogens is 2. The lowest BCUT2D eigenvalue weighted by Crippen LogP contribution is -2.52. The number of rotatable bonds is 20. The molecule has 0 atom stereocenters. The number of hydrogen-bond acceptors (Lipinski definition) is 18. The molecule has 13 aromatic rings. The highest BCUT2D eigenvalue weighted by molar-refractivity contribution is 7.99. The summed E-state index contributed by atoms with van der Waals surface area (Å²) in [5, 5.41) is 22.4. The fourth-order valence-electron chi connectivity index (χ4n) is 15.6. The predicted octanol–water partition coefficient (Wildman–Crippen LogP) is 21.8. The third-order valence-electron chi connectivity index (χ3n) is 22.1. The van der Waals surface area contributed by atoms with Crippen LogP contribution in [0.1, 0.15) is 187 Å². The number of carbonyl (C=O) groups is 7. The Labute approximate surface area is 702 Å². The maximum atomic E-state index is 13.4. The average Bonchev–Trinajstić information content (AvgIpc) is 1.61. The fourth-order valence-corrected chi connectivity index (χ4v) is 16.4. The van der Waals surface area contributed by atoms with E-state index in [1.54, 1.807) is 43.0 Å². The molecule has 1 saturated carbocycles. The SMILES string of the molecule is CC(=O)O/N=C1\COc2ccc3ccccc3c21.CCn1c2ccc(C(=O)c3ccccc3C)cc2c2cc(/C(C)=N/OC(=O)C(C)(C)N3CCCCC3)ccc21.CCn1c2ccc(C(=O)c3ccccc3C)cc2c2cc(/C(C)=N/OC(C)=O)ccc21.O=C(O/N=C(\C(=O)c1ccc(Sc2ccccc2)cc1)C1CCCCC1)c1ccccc1. The van der Waals surface area contributed by atoms with Crippen molar-refractivity contribution in [3.63, 3.8) is 0 Å². The van der Waals surface area contributed by atoms with E-state index in [1.165, 1.54) is 20.3 Å². The molecule has 3 aliphatic rings. The minimum Gasteiger partial charge on any atom is -0.486 e. The van der Waals surface area contributed by atoms with Gasteiger partial charge < -0.3 is 33.2 Å². The fraction of sp³-hybridized carbons (Fsp3) is 0.250. The van der Waals surface area contributed by atoms with Crippen molar-refractivity contribution >= 4 is 130 Å². The number of hydrogen-bond donors (Lipinski definition) is 0. The molecule has 1 saturated heterocycles. The normalized spacial score (nSPS) is 14.2. The van der Waals surface area contributed by atoms with Crippen LogP contribution < -0.4 is 4.74 Å². The molecular formula is C100H97N7O12S. The molecule has 2 aromatic heterocycles. The molecule has 610 valence electrons. The van der Waals surface area contributed by atoms with Crippen LogP contribution in [0.15, 0.2) is 273 Å². The van der Waals surface area contributed by atoms with Gasteiger partial charge in [0.25, 0.3) is 0 Å². The molecule has 4 heterocycles. The van der Waals surface area contributed by atoms with Crippen LogP contribution in [0, 0.1) is 19.8 Å². The molecule has 11 aromatic carbocycles. The van der Waals surface area contributed by atoms with E-state index in [0.717, 1.165) is 169 Å². The minimum absolute atomic E-state index is 0.0122. The number of nitrogens with zero attached hydrogens (tertiary/aromatic N) is 7. The highest BCUT2D eigenvalue weighted by Gasteiger charge is 2.38. The number of likely N-dealkylation sites (tertiary alicyclic amines) is 1. The maximum Gasteiger partial charge on any atom is 0.365 e. The molecule has 1 aliphatic carbocycles. The molecule has 2 fully saturated rings. The van der Waals surface area contributed by atoms with Gasteiger partial charge in [-0.2, -0.15) is 0 Å². The smallest absolute Gasteiger partial charge is 0.365 e. The van der Waals surface area contributed by atoms with E-state index in [9.17, 15) is 33.6 Å². The standard InChI is InChI=1S/C33H37N3O3.C27H25NO3S.C26H24N2O3.C14H11NO3/c1-6-36-29-16-14-24(23(3)34-39-32(38)33(4,5)35-18-10-7-11-19-35)20-27(29)28-21-25(15-17-30(28)36)31(37)26-13-9-8-12-22(26)2;29-26(21-16-18-24(19-17-21)32-23-14-8-3-9-15-23)25(20-10-4-1-5-11-20)28-31-27(30)22-12-6-2-7-13-22;1-5-28-24-12-10-19(17(3)27-31-18(4)29)14-22(24)23-15-20(11-13-25(23)28)26(30)21-9-7-6-8-16(21)2;1-9(16)18-15-12-8-17-13-7-6-10-4-2-3-5-11(10)14(12)13/h8-9,12-17,20-21H,6-7,10-11,18-19H2,1-5H3;2-3,6-9,12-20H,1,4-5,10-11H2;6-15H,5H2,1-4H3;2-7H,8H2,1H3/b34-23+;28-25-;27-17+;15-12+. The van der Waals surface area contributed by atoms with Crippen molar-refractivity contribution < 1.29 is 57.6 Å². The minimum atomic E-state index is -0.719. The average molecular weight is 1620 g/mol. The second-order valence-corrected chi connectivity index (χ2v) is 31.7. The Kier molecular flexibility index (Phi) is 27.6. The Morgan fingerprint density at radius 3 is 1.43 bits per heavy atom. The number of ether oxygens (including phenoxy) is 1. The van der Waals surface area contributed by atoms with Gasteiger partial charge in [-0.3, -0.25) is 19.3 Å². The van der Waals surface area contributed by atoms with Crippen LogP contribution in [0.3, 0.4) is 0 Å². The largest absolute Gasteiger partial charge is 0.486 e.